The molecular weight excluding hydrogens is 1370 g/mol. The van der Waals surface area contributed by atoms with Crippen LogP contribution in [0.15, 0.2) is 0 Å². The Morgan fingerprint density at radius 2 is 0.486 bits per heavy atom. The van der Waals surface area contributed by atoms with Gasteiger partial charge in [-0.1, -0.05) is 402 Å². The Morgan fingerprint density at radius 1 is 0.276 bits per heavy atom. The van der Waals surface area contributed by atoms with Gasteiger partial charge < -0.3 is 33.8 Å². The van der Waals surface area contributed by atoms with Gasteiger partial charge in [0.25, 0.3) is 0 Å². The fourth-order valence-electron chi connectivity index (χ4n) is 13.3. The molecule has 0 saturated heterocycles. The van der Waals surface area contributed by atoms with Gasteiger partial charge in [0.1, 0.15) is 19.3 Å². The van der Waals surface area contributed by atoms with E-state index in [1.807, 2.05) is 0 Å². The number of rotatable bonds is 84. The van der Waals surface area contributed by atoms with Crippen LogP contribution < -0.4 is 0 Å². The molecule has 0 amide bonds. The molecule has 0 aromatic rings. The Morgan fingerprint density at radius 3 is 0.724 bits per heavy atom. The molecule has 0 fully saturated rings. The van der Waals surface area contributed by atoms with E-state index in [0.717, 1.165) is 114 Å². The minimum atomic E-state index is -4.97. The van der Waals surface area contributed by atoms with Crippen molar-refractivity contribution in [3.05, 3.63) is 0 Å². The monoisotopic (exact) mass is 1540 g/mol. The number of aliphatic hydroxyl groups is 1. The smallest absolute Gasteiger partial charge is 0.462 e. The number of esters is 4. The minimum absolute atomic E-state index is 0.107. The normalized spacial score (nSPS) is 14.1. The number of ether oxygens (including phenoxy) is 4. The van der Waals surface area contributed by atoms with Crippen LogP contribution in [0.4, 0.5) is 0 Å². The number of phosphoric acid groups is 2. The first-order chi connectivity index (χ1) is 50.8. The Balaban J connectivity index is 5.19. The first-order valence-electron chi connectivity index (χ1n) is 44.4. The summed E-state index contributed by atoms with van der Waals surface area (Å²) in [6.45, 7) is 12.1. The molecule has 6 atom stereocenters. The average molecular weight is 1540 g/mol. The predicted molar refractivity (Wildman–Crippen MR) is 432 cm³/mol. The maximum atomic E-state index is 13.1. The van der Waals surface area contributed by atoms with E-state index >= 15 is 0 Å². The molecule has 3 unspecified atom stereocenters. The zero-order chi connectivity index (χ0) is 77.2. The molecule has 105 heavy (non-hydrogen) atoms. The summed E-state index contributed by atoms with van der Waals surface area (Å²) in [5, 5.41) is 10.7. The molecule has 0 rings (SSSR count). The molecule has 0 saturated carbocycles. The molecule has 624 valence electrons. The summed E-state index contributed by atoms with van der Waals surface area (Å²) in [6, 6.07) is 0. The van der Waals surface area contributed by atoms with Crippen molar-refractivity contribution in [2.45, 2.75) is 471 Å². The first kappa shape index (κ1) is 103. The van der Waals surface area contributed by atoms with Gasteiger partial charge in [0.15, 0.2) is 12.2 Å². The average Bonchev–Trinajstić information content (AvgIpc) is 0.909. The summed E-state index contributed by atoms with van der Waals surface area (Å²) >= 11 is 0. The minimum Gasteiger partial charge on any atom is -0.462 e. The summed E-state index contributed by atoms with van der Waals surface area (Å²) < 4.78 is 68.8. The van der Waals surface area contributed by atoms with Gasteiger partial charge in [-0.05, 0) is 43.4 Å². The van der Waals surface area contributed by atoms with Gasteiger partial charge in [-0.15, -0.1) is 0 Å². The molecular formula is C86H168O17P2. The zero-order valence-corrected chi connectivity index (χ0v) is 71.0. The molecule has 0 aromatic carbocycles. The highest BCUT2D eigenvalue weighted by Gasteiger charge is 2.30. The molecule has 3 N–H and O–H groups in total. The van der Waals surface area contributed by atoms with Crippen LogP contribution in [0.25, 0.3) is 0 Å². The highest BCUT2D eigenvalue weighted by atomic mass is 31.2. The van der Waals surface area contributed by atoms with Crippen LogP contribution in [0.5, 0.6) is 0 Å². The van der Waals surface area contributed by atoms with Crippen molar-refractivity contribution in [2.75, 3.05) is 39.6 Å². The number of hydrogen-bond acceptors (Lipinski definition) is 15. The van der Waals surface area contributed by atoms with Crippen LogP contribution in [0.1, 0.15) is 453 Å². The molecule has 0 aliphatic rings. The maximum Gasteiger partial charge on any atom is 0.472 e. The lowest BCUT2D eigenvalue weighted by Gasteiger charge is -2.21. The fourth-order valence-corrected chi connectivity index (χ4v) is 14.9. The fraction of sp³-hybridized carbons (Fsp3) is 0.953. The highest BCUT2D eigenvalue weighted by molar-refractivity contribution is 7.47. The van der Waals surface area contributed by atoms with Gasteiger partial charge in [-0.3, -0.25) is 37.3 Å². The lowest BCUT2D eigenvalue weighted by molar-refractivity contribution is -0.161. The van der Waals surface area contributed by atoms with Crippen LogP contribution in [-0.2, 0) is 65.4 Å². The second-order valence-electron chi connectivity index (χ2n) is 32.1. The van der Waals surface area contributed by atoms with Gasteiger partial charge in [0.05, 0.1) is 26.4 Å². The van der Waals surface area contributed by atoms with Crippen molar-refractivity contribution in [2.24, 2.45) is 17.8 Å². The SMILES string of the molecule is CCCCCCCCCCC(=O)OC[C@H](COP(=O)(O)OC[C@H](O)COP(=O)(O)OC[C@@H](COC(=O)CCCCCCCCCCCCCCCCCC(C)C)OC(=O)CCCCCCCCCCCCCCCCCCCCC(C)CC)OC(=O)CCCCCCCCCCCCCCCCC(C)C. The second kappa shape index (κ2) is 76.1. The number of phosphoric ester groups is 2. The van der Waals surface area contributed by atoms with Gasteiger partial charge in [-0.2, -0.15) is 0 Å². The van der Waals surface area contributed by atoms with Gasteiger partial charge >= 0.3 is 39.5 Å². The molecule has 0 spiro atoms. The molecule has 19 heteroatoms. The van der Waals surface area contributed by atoms with E-state index in [0.29, 0.717) is 25.7 Å². The van der Waals surface area contributed by atoms with Crippen molar-refractivity contribution in [3.63, 3.8) is 0 Å². The van der Waals surface area contributed by atoms with Gasteiger partial charge in [-0.25, -0.2) is 9.13 Å². The van der Waals surface area contributed by atoms with Crippen LogP contribution >= 0.6 is 15.6 Å². The van der Waals surface area contributed by atoms with Crippen molar-refractivity contribution in [3.8, 4) is 0 Å². The molecule has 17 nitrogen and oxygen atoms in total. The van der Waals surface area contributed by atoms with Crippen LogP contribution in [0.2, 0.25) is 0 Å². The Bertz CT molecular complexity index is 2030. The van der Waals surface area contributed by atoms with E-state index in [1.165, 1.54) is 257 Å². The van der Waals surface area contributed by atoms with Crippen molar-refractivity contribution in [1.29, 1.82) is 0 Å². The molecule has 0 radical (unpaired) electrons. The number of hydrogen-bond donors (Lipinski definition) is 3. The second-order valence-corrected chi connectivity index (χ2v) is 35.0. The van der Waals surface area contributed by atoms with Crippen LogP contribution in [0, 0.1) is 17.8 Å². The van der Waals surface area contributed by atoms with Crippen molar-refractivity contribution >= 4 is 39.5 Å². The maximum absolute atomic E-state index is 13.1. The van der Waals surface area contributed by atoms with Crippen molar-refractivity contribution < 1.29 is 80.2 Å². The third-order valence-electron chi connectivity index (χ3n) is 20.5. The van der Waals surface area contributed by atoms with E-state index in [4.69, 9.17) is 37.0 Å². The van der Waals surface area contributed by atoms with E-state index in [-0.39, 0.29) is 25.7 Å². The predicted octanol–water partition coefficient (Wildman–Crippen LogP) is 26.1. The third-order valence-corrected chi connectivity index (χ3v) is 22.4. The summed E-state index contributed by atoms with van der Waals surface area (Å²) in [6.07, 6.45) is 66.7. The lowest BCUT2D eigenvalue weighted by Crippen LogP contribution is -2.30. The quantitative estimate of drug-likeness (QED) is 0.0222. The molecule has 0 aromatic heterocycles. The Labute approximate surface area is 645 Å². The Hall–Kier alpha value is -1.94. The molecule has 0 aliphatic carbocycles. The van der Waals surface area contributed by atoms with Gasteiger partial charge in [0.2, 0.25) is 0 Å². The van der Waals surface area contributed by atoms with Gasteiger partial charge in [0, 0.05) is 25.7 Å². The molecule has 0 aliphatic heterocycles. The topological polar surface area (TPSA) is 237 Å². The Kier molecular flexibility index (Phi) is 74.7. The highest BCUT2D eigenvalue weighted by Crippen LogP contribution is 2.45. The third kappa shape index (κ3) is 78.5. The largest absolute Gasteiger partial charge is 0.472 e. The number of unbranched alkanes of at least 4 members (excludes halogenated alkanes) is 51. The van der Waals surface area contributed by atoms with Crippen molar-refractivity contribution in [1.82, 2.24) is 0 Å². The zero-order valence-electron chi connectivity index (χ0n) is 69.2. The van der Waals surface area contributed by atoms with Crippen LogP contribution in [-0.4, -0.2) is 96.7 Å². The number of aliphatic hydroxyl groups excluding tert-OH is 1. The van der Waals surface area contributed by atoms with Crippen LogP contribution in [0.3, 0.4) is 0 Å². The standard InChI is InChI=1S/C86H168O17P2/c1-8-10-11-12-13-46-53-60-67-83(88)96-73-81(102-85(90)70-63-56-49-42-36-30-24-23-26-32-38-44-51-58-65-78(5)6)75-100-104(92,93)98-71-80(87)72-99-105(94,95)101-76-82(74-97-84(89)68-61-54-47-40-34-28-22-18-19-25-31-37-43-50-57-64-77(3)4)103-86(91)69-62-55-48-41-35-29-21-17-15-14-16-20-27-33-39-45-52-59-66-79(7)9-2/h77-82,87H,8-76H2,1-7H3,(H,92,93)(H,94,95)/t79?,80-,81+,82+/m0/s1. The summed E-state index contributed by atoms with van der Waals surface area (Å²) in [5.41, 5.74) is 0. The summed E-state index contributed by atoms with van der Waals surface area (Å²) in [4.78, 5) is 73.1. The number of carbonyl (C=O) groups excluding carboxylic acids is 4. The van der Waals surface area contributed by atoms with E-state index in [1.54, 1.807) is 0 Å². The molecule has 0 bridgehead atoms. The summed E-state index contributed by atoms with van der Waals surface area (Å²) in [5.74, 6) is 0.366. The number of carbonyl (C=O) groups is 4. The summed E-state index contributed by atoms with van der Waals surface area (Å²) in [7, 11) is -9.92. The van der Waals surface area contributed by atoms with E-state index in [2.05, 4.69) is 48.5 Å². The van der Waals surface area contributed by atoms with E-state index in [9.17, 15) is 43.2 Å². The lowest BCUT2D eigenvalue weighted by atomic mass is 9.99. The van der Waals surface area contributed by atoms with E-state index < -0.39 is 97.5 Å². The first-order valence-corrected chi connectivity index (χ1v) is 47.4. The molecule has 0 heterocycles.